The quantitative estimate of drug-likeness (QED) is 0.669. The molecule has 1 atom stereocenters. The second-order valence-corrected chi connectivity index (χ2v) is 4.09. The number of nitrogens with two attached hydrogens (primary N) is 1. The van der Waals surface area contributed by atoms with E-state index in [4.69, 9.17) is 10.5 Å². The molecule has 0 spiro atoms. The zero-order chi connectivity index (χ0) is 13.5. The van der Waals surface area contributed by atoms with Gasteiger partial charge in [0.2, 0.25) is 0 Å². The van der Waals surface area contributed by atoms with Crippen LogP contribution in [0.15, 0.2) is 18.2 Å². The predicted molar refractivity (Wildman–Crippen MR) is 73.8 cm³/mol. The molecule has 1 rings (SSSR count). The summed E-state index contributed by atoms with van der Waals surface area (Å²) in [5, 5.41) is 5.84. The molecule has 0 heterocycles. The fraction of sp³-hybridized carbons (Fsp3) is 0.462. The van der Waals surface area contributed by atoms with Crippen LogP contribution in [0.1, 0.15) is 24.2 Å². The van der Waals surface area contributed by atoms with Crippen LogP contribution in [0.3, 0.4) is 0 Å². The van der Waals surface area contributed by atoms with Crippen molar-refractivity contribution in [1.82, 2.24) is 5.32 Å². The van der Waals surface area contributed by atoms with Crippen molar-refractivity contribution in [3.05, 3.63) is 23.8 Å². The Bertz CT molecular complexity index is 407. The summed E-state index contributed by atoms with van der Waals surface area (Å²) in [5.41, 5.74) is 7.66. The van der Waals surface area contributed by atoms with Gasteiger partial charge in [0.15, 0.2) is 0 Å². The minimum atomic E-state index is -0.138. The van der Waals surface area contributed by atoms with E-state index in [1.807, 2.05) is 13.8 Å². The number of hydrogen-bond donors (Lipinski definition) is 3. The number of anilines is 2. The van der Waals surface area contributed by atoms with Crippen molar-refractivity contribution in [2.75, 3.05) is 31.3 Å². The summed E-state index contributed by atoms with van der Waals surface area (Å²) in [6, 6.07) is 5.29. The van der Waals surface area contributed by atoms with Crippen LogP contribution in [0.25, 0.3) is 0 Å². The number of amides is 1. The number of benzene rings is 1. The van der Waals surface area contributed by atoms with Gasteiger partial charge in [-0.05, 0) is 32.0 Å². The van der Waals surface area contributed by atoms with Crippen LogP contribution in [0, 0.1) is 0 Å². The lowest BCUT2D eigenvalue weighted by Gasteiger charge is -2.18. The summed E-state index contributed by atoms with van der Waals surface area (Å²) in [6.07, 6.45) is 0. The van der Waals surface area contributed by atoms with Crippen LogP contribution in [0.4, 0.5) is 11.4 Å². The fourth-order valence-corrected chi connectivity index (χ4v) is 1.62. The molecule has 0 aliphatic rings. The van der Waals surface area contributed by atoms with Gasteiger partial charge in [-0.25, -0.2) is 0 Å². The van der Waals surface area contributed by atoms with Gasteiger partial charge in [0.1, 0.15) is 0 Å². The van der Waals surface area contributed by atoms with Gasteiger partial charge in [0.05, 0.1) is 12.2 Å². The van der Waals surface area contributed by atoms with Crippen LogP contribution in [-0.4, -0.2) is 32.2 Å². The van der Waals surface area contributed by atoms with Gasteiger partial charge in [0.25, 0.3) is 5.91 Å². The minimum absolute atomic E-state index is 0.107. The second-order valence-electron chi connectivity index (χ2n) is 4.09. The van der Waals surface area contributed by atoms with E-state index in [9.17, 15) is 4.79 Å². The van der Waals surface area contributed by atoms with E-state index in [0.29, 0.717) is 24.5 Å². The Morgan fingerprint density at radius 2 is 2.22 bits per heavy atom. The van der Waals surface area contributed by atoms with Crippen molar-refractivity contribution in [2.24, 2.45) is 0 Å². The molecule has 4 N–H and O–H groups in total. The molecule has 0 radical (unpaired) electrons. The third-order valence-electron chi connectivity index (χ3n) is 2.49. The summed E-state index contributed by atoms with van der Waals surface area (Å²) in [5.74, 6) is -0.138. The van der Waals surface area contributed by atoms with Crippen molar-refractivity contribution >= 4 is 17.3 Å². The fourth-order valence-electron chi connectivity index (χ4n) is 1.62. The lowest BCUT2D eigenvalue weighted by atomic mass is 10.1. The molecule has 0 aliphatic carbocycles. The average Bonchev–Trinajstić information content (AvgIpc) is 2.35. The molecule has 0 bridgehead atoms. The monoisotopic (exact) mass is 251 g/mol. The molecular formula is C13H21N3O2. The zero-order valence-electron chi connectivity index (χ0n) is 11.1. The zero-order valence-corrected chi connectivity index (χ0v) is 11.1. The summed E-state index contributed by atoms with van der Waals surface area (Å²) in [4.78, 5) is 11.7. The summed E-state index contributed by atoms with van der Waals surface area (Å²) < 4.78 is 5.33. The maximum atomic E-state index is 11.7. The number of carbonyl (C=O) groups excluding carboxylic acids is 1. The number of hydrogen-bond acceptors (Lipinski definition) is 4. The number of carbonyl (C=O) groups is 1. The number of rotatable bonds is 6. The van der Waals surface area contributed by atoms with E-state index >= 15 is 0 Å². The van der Waals surface area contributed by atoms with Crippen LogP contribution >= 0.6 is 0 Å². The molecule has 5 heteroatoms. The largest absolute Gasteiger partial charge is 0.399 e. The van der Waals surface area contributed by atoms with Crippen molar-refractivity contribution < 1.29 is 9.53 Å². The smallest absolute Gasteiger partial charge is 0.253 e. The Kier molecular flexibility index (Phi) is 5.45. The lowest BCUT2D eigenvalue weighted by Crippen LogP contribution is -2.25. The molecule has 0 aliphatic heterocycles. The maximum Gasteiger partial charge on any atom is 0.253 e. The maximum absolute atomic E-state index is 11.7. The SMILES string of the molecule is CCOCC(C)Nc1cc(N)ccc1C(=O)NC. The van der Waals surface area contributed by atoms with Gasteiger partial charge in [0, 0.05) is 31.1 Å². The summed E-state index contributed by atoms with van der Waals surface area (Å²) in [7, 11) is 1.60. The molecule has 0 aromatic heterocycles. The topological polar surface area (TPSA) is 76.4 Å². The van der Waals surface area contributed by atoms with Crippen LogP contribution in [0.2, 0.25) is 0 Å². The first-order valence-electron chi connectivity index (χ1n) is 6.04. The normalized spacial score (nSPS) is 11.9. The molecular weight excluding hydrogens is 230 g/mol. The van der Waals surface area contributed by atoms with Crippen molar-refractivity contribution in [3.8, 4) is 0 Å². The lowest BCUT2D eigenvalue weighted by molar-refractivity contribution is 0.0963. The van der Waals surface area contributed by atoms with Gasteiger partial charge in [-0.15, -0.1) is 0 Å². The molecule has 5 nitrogen and oxygen atoms in total. The van der Waals surface area contributed by atoms with E-state index in [-0.39, 0.29) is 11.9 Å². The molecule has 1 aromatic rings. The second kappa shape index (κ2) is 6.86. The molecule has 0 saturated carbocycles. The molecule has 0 saturated heterocycles. The van der Waals surface area contributed by atoms with Gasteiger partial charge in [-0.1, -0.05) is 0 Å². The molecule has 18 heavy (non-hydrogen) atoms. The molecule has 100 valence electrons. The summed E-state index contributed by atoms with van der Waals surface area (Å²) >= 11 is 0. The Balaban J connectivity index is 2.85. The summed E-state index contributed by atoms with van der Waals surface area (Å²) in [6.45, 7) is 5.19. The van der Waals surface area contributed by atoms with E-state index in [1.165, 1.54) is 0 Å². The van der Waals surface area contributed by atoms with E-state index in [1.54, 1.807) is 25.2 Å². The third kappa shape index (κ3) is 3.92. The molecule has 1 unspecified atom stereocenters. The van der Waals surface area contributed by atoms with Gasteiger partial charge < -0.3 is 21.1 Å². The number of ether oxygens (including phenoxy) is 1. The predicted octanol–water partition coefficient (Wildman–Crippen LogP) is 1.47. The van der Waals surface area contributed by atoms with Crippen LogP contribution in [-0.2, 0) is 4.74 Å². The molecule has 0 fully saturated rings. The van der Waals surface area contributed by atoms with Gasteiger partial charge in [-0.3, -0.25) is 4.79 Å². The van der Waals surface area contributed by atoms with Crippen molar-refractivity contribution in [3.63, 3.8) is 0 Å². The van der Waals surface area contributed by atoms with Crippen molar-refractivity contribution in [1.29, 1.82) is 0 Å². The van der Waals surface area contributed by atoms with E-state index < -0.39 is 0 Å². The standard InChI is InChI=1S/C13H21N3O2/c1-4-18-8-9(2)16-12-7-10(14)5-6-11(12)13(17)15-3/h5-7,9,16H,4,8,14H2,1-3H3,(H,15,17). The molecule has 1 aromatic carbocycles. The van der Waals surface area contributed by atoms with Crippen LogP contribution < -0.4 is 16.4 Å². The first-order valence-corrected chi connectivity index (χ1v) is 6.04. The van der Waals surface area contributed by atoms with E-state index in [0.717, 1.165) is 5.69 Å². The van der Waals surface area contributed by atoms with Gasteiger partial charge in [-0.2, -0.15) is 0 Å². The van der Waals surface area contributed by atoms with Crippen molar-refractivity contribution in [2.45, 2.75) is 19.9 Å². The Morgan fingerprint density at radius 3 is 2.83 bits per heavy atom. The highest BCUT2D eigenvalue weighted by Crippen LogP contribution is 2.20. The first-order chi connectivity index (χ1) is 8.58. The van der Waals surface area contributed by atoms with E-state index in [2.05, 4.69) is 10.6 Å². The first kappa shape index (κ1) is 14.3. The van der Waals surface area contributed by atoms with Gasteiger partial charge >= 0.3 is 0 Å². The highest BCUT2D eigenvalue weighted by molar-refractivity contribution is 6.00. The number of nitrogens with one attached hydrogen (secondary N) is 2. The Hall–Kier alpha value is -1.75. The highest BCUT2D eigenvalue weighted by Gasteiger charge is 2.12. The molecule has 1 amide bonds. The average molecular weight is 251 g/mol. The highest BCUT2D eigenvalue weighted by atomic mass is 16.5. The van der Waals surface area contributed by atoms with Crippen LogP contribution in [0.5, 0.6) is 0 Å². The minimum Gasteiger partial charge on any atom is -0.399 e. The number of nitrogen functional groups attached to an aromatic ring is 1. The Labute approximate surface area is 108 Å². The Morgan fingerprint density at radius 1 is 1.50 bits per heavy atom. The third-order valence-corrected chi connectivity index (χ3v) is 2.49.